The van der Waals surface area contributed by atoms with Crippen LogP contribution in [0.25, 0.3) is 11.2 Å². The number of nitrogens with two attached hydrogens (primary N) is 2. The molecule has 10 atom stereocenters. The van der Waals surface area contributed by atoms with E-state index in [1.54, 1.807) is 0 Å². The number of aliphatic imine (C=N–C) groups is 1. The minimum atomic E-state index is -5.03. The number of aliphatic hydroxyl groups excluding tert-OH is 2. The summed E-state index contributed by atoms with van der Waals surface area (Å²) in [6.07, 6.45) is -9.66. The summed E-state index contributed by atoms with van der Waals surface area (Å²) >= 11 is 0. The number of hydrogen-bond acceptors (Lipinski definition) is 18. The monoisotopic (exact) mass is 690 g/mol. The number of nitrogen functional groups attached to an aromatic ring is 1. The SMILES string of the molecule is NC1=NCNc2c1ncn2[C@@H]1O[C@@H]2CCOP(=O)(O)OC3[C@@H](COP(=O)(O)OC2[C@@H]1O)O[C@@H](n1cnc2c(=O)[nH]c(N)nc21)[C@H]3O. The Balaban J connectivity index is 1.15. The smallest absolute Gasteiger partial charge is 0.386 e. The Labute approximate surface area is 256 Å². The fraction of sp³-hybridized carbons (Fsp3) is 0.571. The van der Waals surface area contributed by atoms with Gasteiger partial charge in [-0.05, 0) is 0 Å². The number of phosphoric ester groups is 2. The third-order valence-corrected chi connectivity index (χ3v) is 9.72. The Morgan fingerprint density at radius 3 is 2.35 bits per heavy atom. The first kappa shape index (κ1) is 31.3. The average molecular weight is 690 g/mol. The van der Waals surface area contributed by atoms with Crippen molar-refractivity contribution in [2.45, 2.75) is 55.5 Å². The maximum atomic E-state index is 13.2. The zero-order valence-corrected chi connectivity index (χ0v) is 25.1. The first-order valence-electron chi connectivity index (χ1n) is 13.6. The number of nitrogens with one attached hydrogen (secondary N) is 2. The summed E-state index contributed by atoms with van der Waals surface area (Å²) in [5, 5.41) is 25.3. The van der Waals surface area contributed by atoms with Crippen LogP contribution in [0, 0.1) is 0 Å². The second kappa shape index (κ2) is 11.4. The Bertz CT molecular complexity index is 1850. The van der Waals surface area contributed by atoms with Gasteiger partial charge in [-0.15, -0.1) is 0 Å². The molecule has 7 rings (SSSR count). The van der Waals surface area contributed by atoms with Crippen LogP contribution in [-0.2, 0) is 36.7 Å². The molecular weight excluding hydrogens is 662 g/mol. The third kappa shape index (κ3) is 5.53. The minimum absolute atomic E-state index is 0.0974. The zero-order valence-electron chi connectivity index (χ0n) is 23.3. The van der Waals surface area contributed by atoms with Gasteiger partial charge in [0.1, 0.15) is 54.5 Å². The molecule has 0 saturated carbocycles. The van der Waals surface area contributed by atoms with E-state index in [1.807, 2.05) is 0 Å². The molecule has 0 spiro atoms. The lowest BCUT2D eigenvalue weighted by Crippen LogP contribution is -2.36. The number of imidazole rings is 2. The molecule has 0 aromatic carbocycles. The van der Waals surface area contributed by atoms with Crippen LogP contribution in [0.3, 0.4) is 0 Å². The predicted molar refractivity (Wildman–Crippen MR) is 150 cm³/mol. The van der Waals surface area contributed by atoms with Crippen LogP contribution < -0.4 is 22.3 Å². The van der Waals surface area contributed by atoms with Gasteiger partial charge < -0.3 is 46.3 Å². The van der Waals surface area contributed by atoms with Gasteiger partial charge in [0.25, 0.3) is 5.56 Å². The molecule has 3 saturated heterocycles. The highest BCUT2D eigenvalue weighted by atomic mass is 31.2. The Kier molecular flexibility index (Phi) is 7.78. The lowest BCUT2D eigenvalue weighted by molar-refractivity contribution is -0.0548. The third-order valence-electron chi connectivity index (χ3n) is 7.72. The zero-order chi connectivity index (χ0) is 32.5. The van der Waals surface area contributed by atoms with Crippen molar-refractivity contribution >= 4 is 44.4 Å². The van der Waals surface area contributed by atoms with Crippen molar-refractivity contribution in [3.63, 3.8) is 0 Å². The van der Waals surface area contributed by atoms with E-state index in [2.05, 4.69) is 30.2 Å². The van der Waals surface area contributed by atoms with Crippen molar-refractivity contribution in [3.8, 4) is 0 Å². The molecule has 4 aliphatic rings. The number of anilines is 2. The number of H-pyrrole nitrogens is 1. The van der Waals surface area contributed by atoms with Gasteiger partial charge >= 0.3 is 15.6 Å². The van der Waals surface area contributed by atoms with Gasteiger partial charge in [-0.1, -0.05) is 0 Å². The fourth-order valence-corrected chi connectivity index (χ4v) is 7.60. The largest absolute Gasteiger partial charge is 0.472 e. The quantitative estimate of drug-likeness (QED) is 0.130. The molecule has 3 aromatic heterocycles. The normalized spacial score (nSPS) is 38.5. The number of phosphoric acid groups is 2. The standard InChI is InChI=1S/C21H28N10O13P2/c22-15-9-16(25-4-24-15)30(5-26-9)19-11(32)13-7(41-19)1-2-39-45(35,36)44-14-8(3-40-46(37,38)43-13)42-20(12(14)33)31-6-27-10-17(31)28-21(23)29-18(10)34/h5-8,11-14,19-20,25,32-33H,1-4H2,(H2,22,24)(H,35,36)(H,37,38)(H3,23,28,29,34)/t7-,8-,11+,12+,13?,14?,19-,20-/m1/s1. The van der Waals surface area contributed by atoms with E-state index in [0.29, 0.717) is 11.5 Å². The van der Waals surface area contributed by atoms with Crippen molar-refractivity contribution in [1.82, 2.24) is 29.1 Å². The Hall–Kier alpha value is -3.31. The van der Waals surface area contributed by atoms with Crippen LogP contribution in [0.2, 0.25) is 0 Å². The molecule has 46 heavy (non-hydrogen) atoms. The van der Waals surface area contributed by atoms with E-state index in [9.17, 15) is 33.9 Å². The van der Waals surface area contributed by atoms with Gasteiger partial charge in [-0.25, -0.2) is 24.1 Å². The van der Waals surface area contributed by atoms with E-state index in [4.69, 9.17) is 39.0 Å². The molecule has 4 unspecified atom stereocenters. The number of fused-ring (bicyclic) bond motifs is 4. The number of aromatic amines is 1. The maximum absolute atomic E-state index is 13.2. The molecule has 0 radical (unpaired) electrons. The number of amidine groups is 1. The van der Waals surface area contributed by atoms with Gasteiger partial charge in [0.05, 0.1) is 32.0 Å². The second-order valence-corrected chi connectivity index (χ2v) is 13.4. The molecule has 10 N–H and O–H groups in total. The van der Waals surface area contributed by atoms with Crippen molar-refractivity contribution in [1.29, 1.82) is 0 Å². The Morgan fingerprint density at radius 2 is 1.59 bits per heavy atom. The van der Waals surface area contributed by atoms with Crippen molar-refractivity contribution in [3.05, 3.63) is 28.7 Å². The highest BCUT2D eigenvalue weighted by Gasteiger charge is 2.53. The van der Waals surface area contributed by atoms with Gasteiger partial charge in [-0.3, -0.25) is 37.0 Å². The summed E-state index contributed by atoms with van der Waals surface area (Å²) in [5.41, 5.74) is 10.9. The van der Waals surface area contributed by atoms with E-state index in [-0.39, 0.29) is 36.0 Å². The Morgan fingerprint density at radius 1 is 0.935 bits per heavy atom. The van der Waals surface area contributed by atoms with Crippen molar-refractivity contribution in [2.24, 2.45) is 10.7 Å². The van der Waals surface area contributed by atoms with Crippen molar-refractivity contribution < 1.29 is 56.7 Å². The van der Waals surface area contributed by atoms with E-state index in [0.717, 1.165) is 10.9 Å². The molecular formula is C21H28N10O13P2. The lowest BCUT2D eigenvalue weighted by Gasteiger charge is -2.24. The molecule has 0 amide bonds. The summed E-state index contributed by atoms with van der Waals surface area (Å²) in [5.74, 6) is 0.250. The molecule has 0 bridgehead atoms. The van der Waals surface area contributed by atoms with Gasteiger partial charge in [-0.2, -0.15) is 4.98 Å². The number of ether oxygens (including phenoxy) is 2. The molecule has 3 fully saturated rings. The molecule has 25 heteroatoms. The summed E-state index contributed by atoms with van der Waals surface area (Å²) in [6, 6.07) is 0. The summed E-state index contributed by atoms with van der Waals surface area (Å²) < 4.78 is 61.4. The van der Waals surface area contributed by atoms with Gasteiger partial charge in [0.2, 0.25) is 5.95 Å². The molecule has 250 valence electrons. The lowest BCUT2D eigenvalue weighted by atomic mass is 10.1. The van der Waals surface area contributed by atoms with Gasteiger partial charge in [0.15, 0.2) is 23.6 Å². The number of hydrogen-bond donors (Lipinski definition) is 8. The van der Waals surface area contributed by atoms with Crippen LogP contribution in [0.15, 0.2) is 22.4 Å². The van der Waals surface area contributed by atoms with Crippen LogP contribution in [0.5, 0.6) is 0 Å². The number of nitrogens with zero attached hydrogens (tertiary/aromatic N) is 6. The highest BCUT2D eigenvalue weighted by molar-refractivity contribution is 7.47. The van der Waals surface area contributed by atoms with Crippen LogP contribution in [-0.4, -0.2) is 111 Å². The molecule has 0 aliphatic carbocycles. The predicted octanol–water partition coefficient (Wildman–Crippen LogP) is -2.39. The first-order chi connectivity index (χ1) is 21.8. The molecule has 7 heterocycles. The summed E-state index contributed by atoms with van der Waals surface area (Å²) in [7, 11) is -9.98. The molecule has 4 aliphatic heterocycles. The minimum Gasteiger partial charge on any atom is -0.386 e. The van der Waals surface area contributed by atoms with Crippen molar-refractivity contribution in [2.75, 3.05) is 30.9 Å². The van der Waals surface area contributed by atoms with Crippen LogP contribution in [0.4, 0.5) is 11.8 Å². The number of rotatable bonds is 2. The first-order valence-corrected chi connectivity index (χ1v) is 16.6. The van der Waals surface area contributed by atoms with E-state index >= 15 is 0 Å². The second-order valence-electron chi connectivity index (χ2n) is 10.6. The fourth-order valence-electron chi connectivity index (χ4n) is 5.67. The topological polar surface area (TPSA) is 328 Å². The summed E-state index contributed by atoms with van der Waals surface area (Å²) in [6.45, 7) is -1.23. The van der Waals surface area contributed by atoms with E-state index in [1.165, 1.54) is 10.9 Å². The number of aromatic nitrogens is 6. The molecule has 3 aromatic rings. The van der Waals surface area contributed by atoms with Gasteiger partial charge in [0, 0.05) is 6.42 Å². The summed E-state index contributed by atoms with van der Waals surface area (Å²) in [4.78, 5) is 51.9. The molecule has 23 nitrogen and oxygen atoms in total. The van der Waals surface area contributed by atoms with Crippen LogP contribution in [0.1, 0.15) is 24.6 Å². The maximum Gasteiger partial charge on any atom is 0.472 e. The number of aliphatic hydroxyl groups is 2. The average Bonchev–Trinajstić information content (AvgIpc) is 3.74. The van der Waals surface area contributed by atoms with Crippen LogP contribution >= 0.6 is 15.6 Å². The van der Waals surface area contributed by atoms with E-state index < -0.39 is 83.5 Å². The highest BCUT2D eigenvalue weighted by Crippen LogP contribution is 2.53.